The van der Waals surface area contributed by atoms with Crippen LogP contribution < -0.4 is 15.4 Å². The Bertz CT molecular complexity index is 474. The minimum atomic E-state index is -0.858. The zero-order valence-electron chi connectivity index (χ0n) is 11.4. The number of aliphatic hydroxyl groups is 2. The smallest absolute Gasteiger partial charge is 0.251 e. The lowest BCUT2D eigenvalue weighted by molar-refractivity contribution is 0.0951. The number of hydrogen-bond acceptors (Lipinski definition) is 5. The molecule has 1 aliphatic carbocycles. The SMILES string of the molecule is COc1ccc(C(=O)NC2CC2)cc1NCC(O)CO. The first kappa shape index (κ1) is 14.6. The molecule has 2 rings (SSSR count). The minimum Gasteiger partial charge on any atom is -0.495 e. The van der Waals surface area contributed by atoms with Crippen molar-refractivity contribution in [2.45, 2.75) is 25.0 Å². The predicted molar refractivity (Wildman–Crippen MR) is 75.1 cm³/mol. The molecule has 1 unspecified atom stereocenters. The van der Waals surface area contributed by atoms with Crippen molar-refractivity contribution >= 4 is 11.6 Å². The Hall–Kier alpha value is -1.79. The van der Waals surface area contributed by atoms with Crippen molar-refractivity contribution in [1.29, 1.82) is 0 Å². The summed E-state index contributed by atoms with van der Waals surface area (Å²) in [7, 11) is 1.53. The van der Waals surface area contributed by atoms with E-state index in [0.717, 1.165) is 12.8 Å². The Morgan fingerprint density at radius 3 is 2.85 bits per heavy atom. The van der Waals surface area contributed by atoms with Gasteiger partial charge in [0, 0.05) is 18.2 Å². The van der Waals surface area contributed by atoms with Gasteiger partial charge < -0.3 is 25.6 Å². The molecular formula is C14H20N2O4. The monoisotopic (exact) mass is 280 g/mol. The molecular weight excluding hydrogens is 260 g/mol. The van der Waals surface area contributed by atoms with E-state index >= 15 is 0 Å². The number of methoxy groups -OCH3 is 1. The highest BCUT2D eigenvalue weighted by Crippen LogP contribution is 2.26. The first-order chi connectivity index (χ1) is 9.63. The van der Waals surface area contributed by atoms with Crippen LogP contribution in [0.2, 0.25) is 0 Å². The van der Waals surface area contributed by atoms with Crippen LogP contribution in [0.4, 0.5) is 5.69 Å². The quantitative estimate of drug-likeness (QED) is 0.579. The zero-order chi connectivity index (χ0) is 14.5. The van der Waals surface area contributed by atoms with E-state index in [-0.39, 0.29) is 19.1 Å². The first-order valence-corrected chi connectivity index (χ1v) is 6.65. The Labute approximate surface area is 117 Å². The molecule has 1 aromatic rings. The summed E-state index contributed by atoms with van der Waals surface area (Å²) in [5.41, 5.74) is 1.15. The Morgan fingerprint density at radius 1 is 1.50 bits per heavy atom. The topological polar surface area (TPSA) is 90.8 Å². The summed E-state index contributed by atoms with van der Waals surface area (Å²) >= 11 is 0. The second kappa shape index (κ2) is 6.58. The van der Waals surface area contributed by atoms with Crippen molar-refractivity contribution in [1.82, 2.24) is 5.32 Å². The van der Waals surface area contributed by atoms with Crippen LogP contribution in [-0.4, -0.2) is 48.5 Å². The highest BCUT2D eigenvalue weighted by molar-refractivity contribution is 5.96. The van der Waals surface area contributed by atoms with E-state index < -0.39 is 6.10 Å². The Morgan fingerprint density at radius 2 is 2.25 bits per heavy atom. The number of hydrogen-bond donors (Lipinski definition) is 4. The van der Waals surface area contributed by atoms with E-state index in [9.17, 15) is 9.90 Å². The molecule has 0 heterocycles. The predicted octanol–water partition coefficient (Wildman–Crippen LogP) is 0.352. The molecule has 110 valence electrons. The molecule has 1 amide bonds. The minimum absolute atomic E-state index is 0.110. The largest absolute Gasteiger partial charge is 0.495 e. The van der Waals surface area contributed by atoms with Gasteiger partial charge in [-0.05, 0) is 31.0 Å². The van der Waals surface area contributed by atoms with Gasteiger partial charge in [-0.3, -0.25) is 4.79 Å². The van der Waals surface area contributed by atoms with E-state index in [1.54, 1.807) is 18.2 Å². The van der Waals surface area contributed by atoms with Gasteiger partial charge in [0.1, 0.15) is 5.75 Å². The van der Waals surface area contributed by atoms with Crippen LogP contribution in [0.15, 0.2) is 18.2 Å². The van der Waals surface area contributed by atoms with Crippen LogP contribution in [-0.2, 0) is 0 Å². The van der Waals surface area contributed by atoms with Crippen molar-refractivity contribution in [3.8, 4) is 5.75 Å². The average Bonchev–Trinajstić information content (AvgIpc) is 3.28. The average molecular weight is 280 g/mol. The highest BCUT2D eigenvalue weighted by Gasteiger charge is 2.24. The van der Waals surface area contributed by atoms with Crippen LogP contribution in [0.5, 0.6) is 5.75 Å². The van der Waals surface area contributed by atoms with Gasteiger partial charge in [-0.15, -0.1) is 0 Å². The van der Waals surface area contributed by atoms with Crippen molar-refractivity contribution in [3.05, 3.63) is 23.8 Å². The third-order valence-electron chi connectivity index (χ3n) is 3.11. The lowest BCUT2D eigenvalue weighted by Gasteiger charge is -2.14. The van der Waals surface area contributed by atoms with Crippen molar-refractivity contribution in [2.75, 3.05) is 25.6 Å². The van der Waals surface area contributed by atoms with Crippen LogP contribution in [0, 0.1) is 0 Å². The Balaban J connectivity index is 2.08. The number of aliphatic hydroxyl groups excluding tert-OH is 2. The van der Waals surface area contributed by atoms with Gasteiger partial charge in [-0.1, -0.05) is 0 Å². The number of ether oxygens (including phenoxy) is 1. The number of rotatable bonds is 7. The maximum atomic E-state index is 12.0. The lowest BCUT2D eigenvalue weighted by atomic mass is 10.1. The fourth-order valence-electron chi connectivity index (χ4n) is 1.78. The summed E-state index contributed by atoms with van der Waals surface area (Å²) in [5, 5.41) is 24.0. The van der Waals surface area contributed by atoms with E-state index in [1.165, 1.54) is 7.11 Å². The maximum Gasteiger partial charge on any atom is 0.251 e. The van der Waals surface area contributed by atoms with Gasteiger partial charge in [-0.25, -0.2) is 0 Å². The molecule has 0 aliphatic heterocycles. The molecule has 1 aliphatic rings. The molecule has 1 fully saturated rings. The van der Waals surface area contributed by atoms with Gasteiger partial charge in [-0.2, -0.15) is 0 Å². The van der Waals surface area contributed by atoms with Crippen LogP contribution in [0.3, 0.4) is 0 Å². The maximum absolute atomic E-state index is 12.0. The summed E-state index contributed by atoms with van der Waals surface area (Å²) in [5.74, 6) is 0.471. The van der Waals surface area contributed by atoms with E-state index in [2.05, 4.69) is 10.6 Å². The third-order valence-corrected chi connectivity index (χ3v) is 3.11. The highest BCUT2D eigenvalue weighted by atomic mass is 16.5. The zero-order valence-corrected chi connectivity index (χ0v) is 11.4. The van der Waals surface area contributed by atoms with Crippen LogP contribution >= 0.6 is 0 Å². The third kappa shape index (κ3) is 3.85. The summed E-state index contributed by atoms with van der Waals surface area (Å²) in [6.07, 6.45) is 1.22. The van der Waals surface area contributed by atoms with Crippen LogP contribution in [0.1, 0.15) is 23.2 Å². The van der Waals surface area contributed by atoms with E-state index in [0.29, 0.717) is 23.0 Å². The molecule has 1 saturated carbocycles. The van der Waals surface area contributed by atoms with Gasteiger partial charge in [0.2, 0.25) is 0 Å². The van der Waals surface area contributed by atoms with Crippen molar-refractivity contribution < 1.29 is 19.7 Å². The van der Waals surface area contributed by atoms with Gasteiger partial charge in [0.15, 0.2) is 0 Å². The number of carbonyl (C=O) groups is 1. The molecule has 0 spiro atoms. The summed E-state index contributed by atoms with van der Waals surface area (Å²) in [6.45, 7) is -0.141. The second-order valence-electron chi connectivity index (χ2n) is 4.88. The molecule has 6 heteroatoms. The number of carbonyl (C=O) groups excluding carboxylic acids is 1. The molecule has 1 atom stereocenters. The standard InChI is InChI=1S/C14H20N2O4/c1-20-13-5-2-9(14(19)16-10-3-4-10)6-12(13)15-7-11(18)8-17/h2,5-6,10-11,15,17-18H,3-4,7-8H2,1H3,(H,16,19). The molecule has 0 radical (unpaired) electrons. The van der Waals surface area contributed by atoms with E-state index in [4.69, 9.17) is 9.84 Å². The fourth-order valence-corrected chi connectivity index (χ4v) is 1.78. The molecule has 0 aromatic heterocycles. The van der Waals surface area contributed by atoms with Gasteiger partial charge >= 0.3 is 0 Å². The van der Waals surface area contributed by atoms with Crippen molar-refractivity contribution in [3.63, 3.8) is 0 Å². The normalized spacial score (nSPS) is 15.6. The van der Waals surface area contributed by atoms with E-state index in [1.807, 2.05) is 0 Å². The number of benzene rings is 1. The lowest BCUT2D eigenvalue weighted by Crippen LogP contribution is -2.26. The Kier molecular flexibility index (Phi) is 4.81. The van der Waals surface area contributed by atoms with Gasteiger partial charge in [0.05, 0.1) is 25.5 Å². The molecule has 4 N–H and O–H groups in total. The summed E-state index contributed by atoms with van der Waals surface area (Å²) in [6, 6.07) is 5.39. The number of amides is 1. The first-order valence-electron chi connectivity index (χ1n) is 6.65. The fraction of sp³-hybridized carbons (Fsp3) is 0.500. The molecule has 20 heavy (non-hydrogen) atoms. The molecule has 6 nitrogen and oxygen atoms in total. The molecule has 0 saturated heterocycles. The molecule has 1 aromatic carbocycles. The summed E-state index contributed by atoms with van der Waals surface area (Å²) in [4.78, 5) is 12.0. The second-order valence-corrected chi connectivity index (χ2v) is 4.88. The summed E-state index contributed by atoms with van der Waals surface area (Å²) < 4.78 is 5.20. The molecule has 0 bridgehead atoms. The van der Waals surface area contributed by atoms with Gasteiger partial charge in [0.25, 0.3) is 5.91 Å². The van der Waals surface area contributed by atoms with Crippen LogP contribution in [0.25, 0.3) is 0 Å². The number of nitrogens with one attached hydrogen (secondary N) is 2. The number of anilines is 1. The van der Waals surface area contributed by atoms with Crippen molar-refractivity contribution in [2.24, 2.45) is 0 Å².